The minimum absolute atomic E-state index is 0.110. The third-order valence-electron chi connectivity index (χ3n) is 5.29. The lowest BCUT2D eigenvalue weighted by atomic mass is 9.73. The average molecular weight is 328 g/mol. The monoisotopic (exact) mass is 328 g/mol. The molecule has 3 rings (SSSR count). The van der Waals surface area contributed by atoms with Gasteiger partial charge in [0.05, 0.1) is 12.5 Å². The van der Waals surface area contributed by atoms with Gasteiger partial charge in [0.2, 0.25) is 0 Å². The Morgan fingerprint density at radius 2 is 1.79 bits per heavy atom. The fraction of sp³-hybridized carbons (Fsp3) is 0.571. The van der Waals surface area contributed by atoms with E-state index < -0.39 is 6.10 Å². The zero-order valence-corrected chi connectivity index (χ0v) is 14.7. The van der Waals surface area contributed by atoms with Crippen molar-refractivity contribution in [2.24, 2.45) is 11.8 Å². The van der Waals surface area contributed by atoms with Crippen LogP contribution in [0, 0.1) is 11.8 Å². The molecule has 0 spiro atoms. The first-order chi connectivity index (χ1) is 11.5. The molecular formula is C21H28O3. The van der Waals surface area contributed by atoms with Gasteiger partial charge in [0.25, 0.3) is 0 Å². The molecule has 4 unspecified atom stereocenters. The van der Waals surface area contributed by atoms with Gasteiger partial charge in [-0.25, -0.2) is 0 Å². The Kier molecular flexibility index (Phi) is 5.40. The van der Waals surface area contributed by atoms with Gasteiger partial charge in [-0.15, -0.1) is 0 Å². The van der Waals surface area contributed by atoms with Gasteiger partial charge in [0.15, 0.2) is 0 Å². The Labute approximate surface area is 144 Å². The normalized spacial score (nSPS) is 34.3. The zero-order chi connectivity index (χ0) is 17.1. The number of aliphatic hydroxyl groups is 1. The van der Waals surface area contributed by atoms with E-state index in [1.807, 2.05) is 6.08 Å². The highest BCUT2D eigenvalue weighted by Crippen LogP contribution is 2.40. The summed E-state index contributed by atoms with van der Waals surface area (Å²) < 4.78 is 5.31. The van der Waals surface area contributed by atoms with Crippen LogP contribution in [0.5, 0.6) is 0 Å². The standard InChI is InChI=1S/C21H28O3/c1-14-9-15(2)11-17(10-14)20-6-4-3-5-16(20)7-8-19-12-18(22)13-21(23)24-19/h3-8,14-15,17-19,22H,9-13H2,1-2H3/b8-7+. The van der Waals surface area contributed by atoms with Gasteiger partial charge in [-0.2, -0.15) is 0 Å². The number of cyclic esters (lactones) is 1. The van der Waals surface area contributed by atoms with E-state index in [1.54, 1.807) is 0 Å². The molecule has 2 aliphatic rings. The highest BCUT2D eigenvalue weighted by molar-refractivity contribution is 5.71. The summed E-state index contributed by atoms with van der Waals surface area (Å²) in [5, 5.41) is 9.73. The van der Waals surface area contributed by atoms with E-state index in [2.05, 4.69) is 44.2 Å². The lowest BCUT2D eigenvalue weighted by molar-refractivity contribution is -0.156. The van der Waals surface area contributed by atoms with Crippen LogP contribution in [-0.2, 0) is 9.53 Å². The van der Waals surface area contributed by atoms with E-state index in [-0.39, 0.29) is 18.5 Å². The van der Waals surface area contributed by atoms with Gasteiger partial charge in [0, 0.05) is 6.42 Å². The maximum Gasteiger partial charge on any atom is 0.309 e. The summed E-state index contributed by atoms with van der Waals surface area (Å²) in [6.45, 7) is 4.70. The second-order valence-electron chi connectivity index (χ2n) is 7.72. The molecule has 0 aromatic heterocycles. The van der Waals surface area contributed by atoms with Gasteiger partial charge < -0.3 is 9.84 Å². The summed E-state index contributed by atoms with van der Waals surface area (Å²) in [6.07, 6.45) is 7.49. The molecule has 1 N–H and O–H groups in total. The van der Waals surface area contributed by atoms with E-state index in [0.717, 1.165) is 11.8 Å². The van der Waals surface area contributed by atoms with Crippen LogP contribution in [0.4, 0.5) is 0 Å². The first kappa shape index (κ1) is 17.2. The molecule has 0 radical (unpaired) electrons. The smallest absolute Gasteiger partial charge is 0.309 e. The summed E-state index contributed by atoms with van der Waals surface area (Å²) >= 11 is 0. The molecule has 1 saturated carbocycles. The first-order valence-corrected chi connectivity index (χ1v) is 9.16. The molecule has 1 aromatic rings. The second-order valence-corrected chi connectivity index (χ2v) is 7.72. The van der Waals surface area contributed by atoms with Crippen molar-refractivity contribution in [2.45, 2.75) is 64.1 Å². The summed E-state index contributed by atoms with van der Waals surface area (Å²) in [5.74, 6) is 1.83. The largest absolute Gasteiger partial charge is 0.458 e. The highest BCUT2D eigenvalue weighted by Gasteiger charge is 2.27. The molecule has 130 valence electrons. The van der Waals surface area contributed by atoms with Crippen molar-refractivity contribution in [3.63, 3.8) is 0 Å². The van der Waals surface area contributed by atoms with Crippen molar-refractivity contribution >= 4 is 12.0 Å². The Morgan fingerprint density at radius 3 is 2.50 bits per heavy atom. The minimum Gasteiger partial charge on any atom is -0.458 e. The van der Waals surface area contributed by atoms with Crippen LogP contribution in [0.25, 0.3) is 6.08 Å². The lowest BCUT2D eigenvalue weighted by Gasteiger charge is -2.32. The number of aliphatic hydroxyl groups excluding tert-OH is 1. The summed E-state index contributed by atoms with van der Waals surface area (Å²) in [7, 11) is 0. The minimum atomic E-state index is -0.587. The first-order valence-electron chi connectivity index (χ1n) is 9.16. The van der Waals surface area contributed by atoms with Gasteiger partial charge in [-0.1, -0.05) is 44.2 Å². The molecule has 1 aliphatic heterocycles. The summed E-state index contributed by atoms with van der Waals surface area (Å²) in [6, 6.07) is 8.54. The molecule has 0 bridgehead atoms. The summed E-state index contributed by atoms with van der Waals surface area (Å²) in [4.78, 5) is 11.5. The third kappa shape index (κ3) is 4.27. The van der Waals surface area contributed by atoms with Crippen LogP contribution in [-0.4, -0.2) is 23.3 Å². The molecule has 3 nitrogen and oxygen atoms in total. The van der Waals surface area contributed by atoms with Gasteiger partial charge in [-0.3, -0.25) is 4.79 Å². The number of ether oxygens (including phenoxy) is 1. The number of rotatable bonds is 3. The Hall–Kier alpha value is -1.61. The average Bonchev–Trinajstić information content (AvgIpc) is 2.51. The topological polar surface area (TPSA) is 46.5 Å². The van der Waals surface area contributed by atoms with Crippen LogP contribution in [0.1, 0.15) is 63.0 Å². The molecule has 3 heteroatoms. The van der Waals surface area contributed by atoms with E-state index in [1.165, 1.54) is 30.4 Å². The van der Waals surface area contributed by atoms with Crippen molar-refractivity contribution in [3.8, 4) is 0 Å². The molecule has 1 aliphatic carbocycles. The van der Waals surface area contributed by atoms with Crippen molar-refractivity contribution in [3.05, 3.63) is 41.5 Å². The van der Waals surface area contributed by atoms with E-state index in [9.17, 15) is 9.90 Å². The fourth-order valence-corrected chi connectivity index (χ4v) is 4.37. The maximum absolute atomic E-state index is 11.5. The molecule has 2 fully saturated rings. The van der Waals surface area contributed by atoms with E-state index in [0.29, 0.717) is 12.3 Å². The number of carbonyl (C=O) groups is 1. The third-order valence-corrected chi connectivity index (χ3v) is 5.29. The zero-order valence-electron chi connectivity index (χ0n) is 14.7. The fourth-order valence-electron chi connectivity index (χ4n) is 4.37. The van der Waals surface area contributed by atoms with E-state index in [4.69, 9.17) is 4.74 Å². The molecule has 1 saturated heterocycles. The number of carbonyl (C=O) groups excluding carboxylic acids is 1. The molecule has 0 amide bonds. The van der Waals surface area contributed by atoms with Crippen LogP contribution in [0.15, 0.2) is 30.3 Å². The summed E-state index contributed by atoms with van der Waals surface area (Å²) in [5.41, 5.74) is 2.61. The molecule has 1 heterocycles. The second kappa shape index (κ2) is 7.52. The number of hydrogen-bond acceptors (Lipinski definition) is 3. The van der Waals surface area contributed by atoms with Crippen molar-refractivity contribution in [2.75, 3.05) is 0 Å². The maximum atomic E-state index is 11.5. The van der Waals surface area contributed by atoms with Crippen LogP contribution < -0.4 is 0 Å². The van der Waals surface area contributed by atoms with Gasteiger partial charge >= 0.3 is 5.97 Å². The predicted octanol–water partition coefficient (Wildman–Crippen LogP) is 4.31. The van der Waals surface area contributed by atoms with Crippen LogP contribution in [0.2, 0.25) is 0 Å². The Morgan fingerprint density at radius 1 is 1.08 bits per heavy atom. The predicted molar refractivity (Wildman–Crippen MR) is 95.5 cm³/mol. The van der Waals surface area contributed by atoms with Gasteiger partial charge in [-0.05, 0) is 54.2 Å². The molecule has 24 heavy (non-hydrogen) atoms. The van der Waals surface area contributed by atoms with E-state index >= 15 is 0 Å². The highest BCUT2D eigenvalue weighted by atomic mass is 16.5. The number of benzene rings is 1. The van der Waals surface area contributed by atoms with Crippen molar-refractivity contribution < 1.29 is 14.6 Å². The molecule has 1 aromatic carbocycles. The van der Waals surface area contributed by atoms with Crippen LogP contribution in [0.3, 0.4) is 0 Å². The quantitative estimate of drug-likeness (QED) is 0.841. The molecular weight excluding hydrogens is 300 g/mol. The number of esters is 1. The van der Waals surface area contributed by atoms with Crippen molar-refractivity contribution in [1.29, 1.82) is 0 Å². The van der Waals surface area contributed by atoms with Crippen molar-refractivity contribution in [1.82, 2.24) is 0 Å². The SMILES string of the molecule is CC1CC(C)CC(c2ccccc2/C=C/C2CC(O)CC(=O)O2)C1. The van der Waals surface area contributed by atoms with Gasteiger partial charge in [0.1, 0.15) is 6.10 Å². The Bertz CT molecular complexity index is 597. The van der Waals surface area contributed by atoms with Crippen LogP contribution >= 0.6 is 0 Å². The number of hydrogen-bond donors (Lipinski definition) is 1. The lowest BCUT2D eigenvalue weighted by Crippen LogP contribution is -2.31. The molecule has 4 atom stereocenters. The Balaban J connectivity index is 1.76.